The standard InChI is InChI=1S/C23H32N8O2/c1-27-6-8-29(9-7-27)20-15-21(26-22(24)25-20)31-5-4-17-2-3-19(14-18(17)16-31)28-10-12-30(13-11-28)23(32)33/h2-3,14-15H,4-13,16H2,1H3,(H,32,33)(H2,24,25,26). The summed E-state index contributed by atoms with van der Waals surface area (Å²) in [5, 5.41) is 9.20. The van der Waals surface area contributed by atoms with E-state index in [2.05, 4.69) is 60.9 Å². The maximum Gasteiger partial charge on any atom is 0.407 e. The first kappa shape index (κ1) is 21.6. The third-order valence-electron chi connectivity index (χ3n) is 6.99. The zero-order chi connectivity index (χ0) is 22.9. The van der Waals surface area contributed by atoms with Gasteiger partial charge in [0, 0.05) is 77.2 Å². The molecular weight excluding hydrogens is 420 g/mol. The average molecular weight is 453 g/mol. The van der Waals surface area contributed by atoms with Gasteiger partial charge in [-0.2, -0.15) is 9.97 Å². The normalized spacial score (nSPS) is 19.5. The number of benzene rings is 1. The molecule has 0 unspecified atom stereocenters. The molecule has 4 heterocycles. The Balaban J connectivity index is 1.32. The maximum absolute atomic E-state index is 11.2. The Morgan fingerprint density at radius 1 is 0.848 bits per heavy atom. The van der Waals surface area contributed by atoms with Crippen LogP contribution in [-0.2, 0) is 13.0 Å². The van der Waals surface area contributed by atoms with Crippen molar-refractivity contribution in [3.63, 3.8) is 0 Å². The number of rotatable bonds is 3. The first-order chi connectivity index (χ1) is 16.0. The molecule has 3 N–H and O–H groups in total. The number of piperazine rings is 2. The molecular formula is C23H32N8O2. The molecule has 3 aliphatic rings. The summed E-state index contributed by atoms with van der Waals surface area (Å²) in [6.07, 6.45) is 0.117. The van der Waals surface area contributed by atoms with E-state index in [9.17, 15) is 9.90 Å². The van der Waals surface area contributed by atoms with E-state index in [1.54, 1.807) is 0 Å². The summed E-state index contributed by atoms with van der Waals surface area (Å²) in [7, 11) is 2.14. The fourth-order valence-corrected chi connectivity index (χ4v) is 4.89. The van der Waals surface area contributed by atoms with Crippen LogP contribution in [0.25, 0.3) is 0 Å². The van der Waals surface area contributed by atoms with E-state index in [0.29, 0.717) is 32.1 Å². The van der Waals surface area contributed by atoms with E-state index in [4.69, 9.17) is 5.73 Å². The average Bonchev–Trinajstić information content (AvgIpc) is 2.83. The zero-order valence-corrected chi connectivity index (χ0v) is 19.2. The second-order valence-electron chi connectivity index (χ2n) is 9.11. The van der Waals surface area contributed by atoms with Crippen LogP contribution in [0.2, 0.25) is 0 Å². The first-order valence-electron chi connectivity index (χ1n) is 11.6. The number of carbonyl (C=O) groups is 1. The molecule has 0 radical (unpaired) electrons. The van der Waals surface area contributed by atoms with Crippen LogP contribution >= 0.6 is 0 Å². The van der Waals surface area contributed by atoms with Gasteiger partial charge in [-0.1, -0.05) is 6.07 Å². The molecule has 0 saturated carbocycles. The van der Waals surface area contributed by atoms with Crippen LogP contribution in [0, 0.1) is 0 Å². The van der Waals surface area contributed by atoms with Gasteiger partial charge in [0.2, 0.25) is 5.95 Å². The third kappa shape index (κ3) is 4.61. The highest BCUT2D eigenvalue weighted by atomic mass is 16.4. The Labute approximate surface area is 194 Å². The van der Waals surface area contributed by atoms with Gasteiger partial charge in [-0.05, 0) is 36.7 Å². The number of nitrogen functional groups attached to an aromatic ring is 1. The summed E-state index contributed by atoms with van der Waals surface area (Å²) in [6.45, 7) is 8.07. The number of hydrogen-bond acceptors (Lipinski definition) is 8. The van der Waals surface area contributed by atoms with Crippen LogP contribution < -0.4 is 20.4 Å². The van der Waals surface area contributed by atoms with Gasteiger partial charge < -0.3 is 35.3 Å². The van der Waals surface area contributed by atoms with Crippen LogP contribution in [0.4, 0.5) is 28.1 Å². The van der Waals surface area contributed by atoms with E-state index in [1.165, 1.54) is 16.0 Å². The largest absolute Gasteiger partial charge is 0.465 e. The molecule has 0 bridgehead atoms. The van der Waals surface area contributed by atoms with Gasteiger partial charge in [-0.3, -0.25) is 0 Å². The van der Waals surface area contributed by atoms with Crippen molar-refractivity contribution in [2.45, 2.75) is 13.0 Å². The number of aromatic nitrogens is 2. The summed E-state index contributed by atoms with van der Waals surface area (Å²) < 4.78 is 0. The van der Waals surface area contributed by atoms with Crippen molar-refractivity contribution < 1.29 is 9.90 Å². The molecule has 0 spiro atoms. The summed E-state index contributed by atoms with van der Waals surface area (Å²) in [5.74, 6) is 2.10. The molecule has 2 fully saturated rings. The number of anilines is 4. The number of nitrogens with zero attached hydrogens (tertiary/aromatic N) is 7. The van der Waals surface area contributed by atoms with Gasteiger partial charge in [0.05, 0.1) is 0 Å². The number of nitrogens with two attached hydrogens (primary N) is 1. The Kier molecular flexibility index (Phi) is 5.84. The second kappa shape index (κ2) is 8.93. The molecule has 1 aromatic heterocycles. The van der Waals surface area contributed by atoms with Crippen LogP contribution in [0.3, 0.4) is 0 Å². The van der Waals surface area contributed by atoms with E-state index in [-0.39, 0.29) is 0 Å². The minimum atomic E-state index is -0.837. The summed E-state index contributed by atoms with van der Waals surface area (Å²) in [4.78, 5) is 30.9. The Hall–Kier alpha value is -3.27. The first-order valence-corrected chi connectivity index (χ1v) is 11.6. The van der Waals surface area contributed by atoms with Gasteiger partial charge >= 0.3 is 6.09 Å². The summed E-state index contributed by atoms with van der Waals surface area (Å²) in [5.41, 5.74) is 9.92. The quantitative estimate of drug-likeness (QED) is 0.710. The maximum atomic E-state index is 11.2. The zero-order valence-electron chi connectivity index (χ0n) is 19.2. The fourth-order valence-electron chi connectivity index (χ4n) is 4.89. The van der Waals surface area contributed by atoms with E-state index < -0.39 is 6.09 Å². The summed E-state index contributed by atoms with van der Waals surface area (Å²) in [6, 6.07) is 8.71. The number of carboxylic acid groups (broad SMARTS) is 1. The van der Waals surface area contributed by atoms with Crippen molar-refractivity contribution in [2.24, 2.45) is 0 Å². The number of hydrogen-bond donors (Lipinski definition) is 2. The minimum absolute atomic E-state index is 0.317. The smallest absolute Gasteiger partial charge is 0.407 e. The molecule has 0 aliphatic carbocycles. The minimum Gasteiger partial charge on any atom is -0.465 e. The lowest BCUT2D eigenvalue weighted by atomic mass is 9.98. The molecule has 10 heteroatoms. The number of amides is 1. The molecule has 2 aromatic rings. The van der Waals surface area contributed by atoms with E-state index in [0.717, 1.165) is 63.0 Å². The van der Waals surface area contributed by atoms with Gasteiger partial charge in [0.15, 0.2) is 0 Å². The van der Waals surface area contributed by atoms with Crippen molar-refractivity contribution in [1.29, 1.82) is 0 Å². The SMILES string of the molecule is CN1CCN(c2cc(N3CCc4ccc(N5CCN(C(=O)O)CC5)cc4C3)nc(N)n2)CC1. The van der Waals surface area contributed by atoms with Crippen molar-refractivity contribution in [3.8, 4) is 0 Å². The lowest BCUT2D eigenvalue weighted by molar-refractivity contribution is 0.142. The van der Waals surface area contributed by atoms with Crippen LogP contribution in [-0.4, -0.2) is 96.9 Å². The molecule has 1 amide bonds. The van der Waals surface area contributed by atoms with Crippen molar-refractivity contribution in [3.05, 3.63) is 35.4 Å². The van der Waals surface area contributed by atoms with Crippen LogP contribution in [0.1, 0.15) is 11.1 Å². The second-order valence-corrected chi connectivity index (χ2v) is 9.11. The molecule has 10 nitrogen and oxygen atoms in total. The van der Waals surface area contributed by atoms with Crippen molar-refractivity contribution >= 4 is 29.4 Å². The Morgan fingerprint density at radius 2 is 1.52 bits per heavy atom. The van der Waals surface area contributed by atoms with Gasteiger partial charge in [0.1, 0.15) is 11.6 Å². The van der Waals surface area contributed by atoms with Gasteiger partial charge in [-0.25, -0.2) is 4.79 Å². The fraction of sp³-hybridized carbons (Fsp3) is 0.522. The molecule has 0 atom stereocenters. The monoisotopic (exact) mass is 452 g/mol. The highest BCUT2D eigenvalue weighted by Gasteiger charge is 2.24. The summed E-state index contributed by atoms with van der Waals surface area (Å²) >= 11 is 0. The van der Waals surface area contributed by atoms with E-state index >= 15 is 0 Å². The highest BCUT2D eigenvalue weighted by Crippen LogP contribution is 2.29. The molecule has 2 saturated heterocycles. The Bertz CT molecular complexity index is 1020. The predicted octanol–water partition coefficient (Wildman–Crippen LogP) is 1.17. The lowest BCUT2D eigenvalue weighted by Crippen LogP contribution is -2.48. The molecule has 5 rings (SSSR count). The van der Waals surface area contributed by atoms with Gasteiger partial charge in [0.25, 0.3) is 0 Å². The lowest BCUT2D eigenvalue weighted by Gasteiger charge is -2.36. The van der Waals surface area contributed by atoms with Crippen LogP contribution in [0.15, 0.2) is 24.3 Å². The molecule has 1 aromatic carbocycles. The van der Waals surface area contributed by atoms with E-state index in [1.807, 2.05) is 0 Å². The highest BCUT2D eigenvalue weighted by molar-refractivity contribution is 5.66. The van der Waals surface area contributed by atoms with Crippen molar-refractivity contribution in [2.75, 3.05) is 86.4 Å². The molecule has 176 valence electrons. The third-order valence-corrected chi connectivity index (χ3v) is 6.99. The Morgan fingerprint density at radius 3 is 2.21 bits per heavy atom. The van der Waals surface area contributed by atoms with Crippen molar-refractivity contribution in [1.82, 2.24) is 19.8 Å². The number of likely N-dealkylation sites (N-methyl/N-ethyl adjacent to an activating group) is 1. The predicted molar refractivity (Wildman–Crippen MR) is 129 cm³/mol. The van der Waals surface area contributed by atoms with Gasteiger partial charge in [-0.15, -0.1) is 0 Å². The van der Waals surface area contributed by atoms with Crippen LogP contribution in [0.5, 0.6) is 0 Å². The topological polar surface area (TPSA) is 105 Å². The molecule has 3 aliphatic heterocycles. The molecule has 33 heavy (non-hydrogen) atoms. The number of fused-ring (bicyclic) bond motifs is 1.